The van der Waals surface area contributed by atoms with E-state index in [4.69, 9.17) is 4.74 Å². The van der Waals surface area contributed by atoms with Gasteiger partial charge in [-0.2, -0.15) is 10.2 Å². The molecule has 1 aliphatic heterocycles. The van der Waals surface area contributed by atoms with Crippen LogP contribution in [0.3, 0.4) is 0 Å². The normalized spacial score (nSPS) is 29.5. The Morgan fingerprint density at radius 2 is 2.18 bits per heavy atom. The molecule has 0 aromatic carbocycles. The van der Waals surface area contributed by atoms with Gasteiger partial charge in [0.05, 0.1) is 12.3 Å². The van der Waals surface area contributed by atoms with E-state index in [1.165, 1.54) is 0 Å². The lowest BCUT2D eigenvalue weighted by atomic mass is 10.2. The van der Waals surface area contributed by atoms with Gasteiger partial charge in [-0.3, -0.25) is 0 Å². The molecule has 1 unspecified atom stereocenters. The average molecular weight is 154 g/mol. The maximum Gasteiger partial charge on any atom is 0.174 e. The molecule has 0 radical (unpaired) electrons. The van der Waals surface area contributed by atoms with Crippen molar-refractivity contribution in [1.82, 2.24) is 0 Å². The molecule has 0 aromatic heterocycles. The second-order valence-electron chi connectivity index (χ2n) is 3.30. The first-order valence-corrected chi connectivity index (χ1v) is 3.78. The summed E-state index contributed by atoms with van der Waals surface area (Å²) in [5.74, 6) is 0. The lowest BCUT2D eigenvalue weighted by Crippen LogP contribution is -2.26. The zero-order valence-corrected chi connectivity index (χ0v) is 7.46. The molecule has 62 valence electrons. The van der Waals surface area contributed by atoms with Crippen LogP contribution in [0.5, 0.6) is 0 Å². The highest BCUT2D eigenvalue weighted by Gasteiger charge is 2.23. The number of azo groups is 1. The number of ether oxygens (including phenoxy) is 1. The lowest BCUT2D eigenvalue weighted by molar-refractivity contribution is -0.0431. The highest BCUT2D eigenvalue weighted by molar-refractivity contribution is 5.04. The van der Waals surface area contributed by atoms with Crippen molar-refractivity contribution in [2.45, 2.75) is 39.5 Å². The molecule has 0 saturated carbocycles. The number of hydrogen-bond donors (Lipinski definition) is 0. The number of nitrogens with zero attached hydrogens (tertiary/aromatic N) is 2. The molecular formula is C8H14N2O. The van der Waals surface area contributed by atoms with Crippen molar-refractivity contribution in [3.8, 4) is 0 Å². The SMILES string of the molecule is CC1=CN=NC(C)(C)OC1C. The molecule has 3 heteroatoms. The molecular weight excluding hydrogens is 140 g/mol. The number of hydrogen-bond acceptors (Lipinski definition) is 3. The van der Waals surface area contributed by atoms with Crippen LogP contribution in [0.25, 0.3) is 0 Å². The first-order chi connectivity index (χ1) is 5.01. The third-order valence-corrected chi connectivity index (χ3v) is 1.67. The Labute approximate surface area is 67.2 Å². The van der Waals surface area contributed by atoms with E-state index in [1.54, 1.807) is 6.20 Å². The third kappa shape index (κ3) is 2.12. The van der Waals surface area contributed by atoms with E-state index in [2.05, 4.69) is 10.2 Å². The van der Waals surface area contributed by atoms with Crippen molar-refractivity contribution < 1.29 is 4.74 Å². The Morgan fingerprint density at radius 1 is 1.55 bits per heavy atom. The van der Waals surface area contributed by atoms with E-state index in [9.17, 15) is 0 Å². The van der Waals surface area contributed by atoms with Gasteiger partial charge in [0, 0.05) is 0 Å². The van der Waals surface area contributed by atoms with Crippen LogP contribution in [0.1, 0.15) is 27.7 Å². The molecule has 1 atom stereocenters. The van der Waals surface area contributed by atoms with Crippen molar-refractivity contribution in [2.24, 2.45) is 10.2 Å². The molecule has 0 amide bonds. The van der Waals surface area contributed by atoms with E-state index in [-0.39, 0.29) is 6.10 Å². The fraction of sp³-hybridized carbons (Fsp3) is 0.750. The first kappa shape index (κ1) is 8.40. The molecule has 0 bridgehead atoms. The fourth-order valence-electron chi connectivity index (χ4n) is 0.913. The minimum absolute atomic E-state index is 0.111. The first-order valence-electron chi connectivity index (χ1n) is 3.78. The molecule has 3 nitrogen and oxygen atoms in total. The second-order valence-corrected chi connectivity index (χ2v) is 3.30. The molecule has 0 fully saturated rings. The van der Waals surface area contributed by atoms with Gasteiger partial charge in [-0.25, -0.2) is 0 Å². The van der Waals surface area contributed by atoms with Crippen LogP contribution >= 0.6 is 0 Å². The highest BCUT2D eigenvalue weighted by atomic mass is 16.5. The largest absolute Gasteiger partial charge is 0.345 e. The van der Waals surface area contributed by atoms with Crippen LogP contribution in [0.2, 0.25) is 0 Å². The van der Waals surface area contributed by atoms with Crippen LogP contribution in [-0.2, 0) is 4.74 Å². The van der Waals surface area contributed by atoms with Gasteiger partial charge in [-0.15, -0.1) is 0 Å². The van der Waals surface area contributed by atoms with Gasteiger partial charge in [-0.1, -0.05) is 0 Å². The van der Waals surface area contributed by atoms with Gasteiger partial charge < -0.3 is 4.74 Å². The minimum Gasteiger partial charge on any atom is -0.345 e. The van der Waals surface area contributed by atoms with E-state index in [1.807, 2.05) is 27.7 Å². The maximum absolute atomic E-state index is 5.58. The van der Waals surface area contributed by atoms with Gasteiger partial charge in [0.25, 0.3) is 0 Å². The highest BCUT2D eigenvalue weighted by Crippen LogP contribution is 2.21. The summed E-state index contributed by atoms with van der Waals surface area (Å²) < 4.78 is 5.58. The van der Waals surface area contributed by atoms with Gasteiger partial charge in [0.15, 0.2) is 5.72 Å². The summed E-state index contributed by atoms with van der Waals surface area (Å²) in [7, 11) is 0. The van der Waals surface area contributed by atoms with Crippen LogP contribution < -0.4 is 0 Å². The summed E-state index contributed by atoms with van der Waals surface area (Å²) in [5, 5.41) is 7.88. The molecule has 0 saturated heterocycles. The van der Waals surface area contributed by atoms with Gasteiger partial charge in [0.1, 0.15) is 0 Å². The van der Waals surface area contributed by atoms with E-state index in [0.29, 0.717) is 0 Å². The van der Waals surface area contributed by atoms with Gasteiger partial charge in [-0.05, 0) is 33.3 Å². The van der Waals surface area contributed by atoms with Crippen molar-refractivity contribution in [3.05, 3.63) is 11.8 Å². The average Bonchev–Trinajstić information content (AvgIpc) is 1.93. The fourth-order valence-corrected chi connectivity index (χ4v) is 0.913. The molecule has 0 spiro atoms. The standard InChI is InChI=1S/C8H14N2O/c1-6-5-9-10-8(3,4)11-7(6)2/h5,7H,1-4H3. The van der Waals surface area contributed by atoms with Crippen molar-refractivity contribution in [1.29, 1.82) is 0 Å². The van der Waals surface area contributed by atoms with Crippen LogP contribution in [0, 0.1) is 0 Å². The molecule has 1 rings (SSSR count). The van der Waals surface area contributed by atoms with Crippen molar-refractivity contribution in [3.63, 3.8) is 0 Å². The smallest absolute Gasteiger partial charge is 0.174 e. The molecule has 1 aliphatic rings. The Bertz CT molecular complexity index is 206. The van der Waals surface area contributed by atoms with Crippen LogP contribution in [-0.4, -0.2) is 11.8 Å². The van der Waals surface area contributed by atoms with E-state index >= 15 is 0 Å². The zero-order chi connectivity index (χ0) is 8.48. The quantitative estimate of drug-likeness (QED) is 0.527. The predicted octanol–water partition coefficient (Wildman–Crippen LogP) is 2.50. The van der Waals surface area contributed by atoms with E-state index < -0.39 is 5.72 Å². The maximum atomic E-state index is 5.58. The minimum atomic E-state index is -0.478. The van der Waals surface area contributed by atoms with Crippen molar-refractivity contribution >= 4 is 0 Å². The summed E-state index contributed by atoms with van der Waals surface area (Å²) >= 11 is 0. The summed E-state index contributed by atoms with van der Waals surface area (Å²) in [6.45, 7) is 7.80. The molecule has 1 heterocycles. The summed E-state index contributed by atoms with van der Waals surface area (Å²) in [4.78, 5) is 0. The zero-order valence-electron chi connectivity index (χ0n) is 7.46. The van der Waals surface area contributed by atoms with Crippen LogP contribution in [0.4, 0.5) is 0 Å². The van der Waals surface area contributed by atoms with Gasteiger partial charge in [0.2, 0.25) is 0 Å². The Morgan fingerprint density at radius 3 is 2.82 bits per heavy atom. The molecule has 0 N–H and O–H groups in total. The van der Waals surface area contributed by atoms with Crippen LogP contribution in [0.15, 0.2) is 22.0 Å². The third-order valence-electron chi connectivity index (χ3n) is 1.67. The summed E-state index contributed by atoms with van der Waals surface area (Å²) in [6.07, 6.45) is 1.86. The monoisotopic (exact) mass is 154 g/mol. The topological polar surface area (TPSA) is 34.0 Å². The Kier molecular flexibility index (Phi) is 2.09. The summed E-state index contributed by atoms with van der Waals surface area (Å²) in [6, 6.07) is 0. The number of rotatable bonds is 0. The van der Waals surface area contributed by atoms with Crippen molar-refractivity contribution in [2.75, 3.05) is 0 Å². The summed E-state index contributed by atoms with van der Waals surface area (Å²) in [5.41, 5.74) is 0.632. The van der Waals surface area contributed by atoms with E-state index in [0.717, 1.165) is 5.57 Å². The second kappa shape index (κ2) is 2.74. The molecule has 11 heavy (non-hydrogen) atoms. The Balaban J connectivity index is 2.79. The Hall–Kier alpha value is -0.700. The molecule has 0 aliphatic carbocycles. The lowest BCUT2D eigenvalue weighted by Gasteiger charge is -2.22. The van der Waals surface area contributed by atoms with Gasteiger partial charge >= 0.3 is 0 Å². The molecule has 0 aromatic rings. The predicted molar refractivity (Wildman–Crippen MR) is 43.2 cm³/mol.